The van der Waals surface area contributed by atoms with Crippen LogP contribution >= 0.6 is 0 Å². The topological polar surface area (TPSA) is 53.4 Å². The van der Waals surface area contributed by atoms with Crippen LogP contribution in [0.5, 0.6) is 0 Å². The van der Waals surface area contributed by atoms with Crippen molar-refractivity contribution in [3.05, 3.63) is 65.4 Å². The van der Waals surface area contributed by atoms with Crippen LogP contribution in [-0.2, 0) is 20.1 Å². The molecule has 2 unspecified atom stereocenters. The van der Waals surface area contributed by atoms with Crippen molar-refractivity contribution in [2.24, 2.45) is 23.7 Å². The van der Waals surface area contributed by atoms with Crippen molar-refractivity contribution in [2.75, 3.05) is 0 Å². The molecule has 4 heteroatoms. The molecule has 1 heterocycles. The van der Waals surface area contributed by atoms with Crippen LogP contribution in [0, 0.1) is 43.6 Å². The maximum absolute atomic E-state index is 9.80. The molecule has 1 aromatic heterocycles. The summed E-state index contributed by atoms with van der Waals surface area (Å²) in [5.74, 6) is 2.08. The molecule has 0 saturated heterocycles. The molecule has 2 aromatic carbocycles. The van der Waals surface area contributed by atoms with Crippen molar-refractivity contribution < 1.29 is 30.3 Å². The summed E-state index contributed by atoms with van der Waals surface area (Å²) in [7, 11) is 0. The Balaban J connectivity index is 0.000000212. The fourth-order valence-corrected chi connectivity index (χ4v) is 5.96. The van der Waals surface area contributed by atoms with Gasteiger partial charge in [-0.25, -0.2) is 0 Å². The Morgan fingerprint density at radius 2 is 1.59 bits per heavy atom. The zero-order valence-electron chi connectivity index (χ0n) is 21.2. The molecule has 3 aromatic rings. The summed E-state index contributed by atoms with van der Waals surface area (Å²) in [6, 6.07) is 16.5. The molecular weight excluding hydrogens is 599 g/mol. The Bertz CT molecular complexity index is 1090. The Morgan fingerprint density at radius 3 is 2.15 bits per heavy atom. The smallest absolute Gasteiger partial charge is 0.0621 e. The van der Waals surface area contributed by atoms with Gasteiger partial charge in [0.15, 0.2) is 0 Å². The number of pyridine rings is 1. The first-order valence-corrected chi connectivity index (χ1v) is 12.4. The van der Waals surface area contributed by atoms with Crippen molar-refractivity contribution in [3.8, 4) is 11.3 Å². The fourth-order valence-electron chi connectivity index (χ4n) is 5.96. The minimum absolute atomic E-state index is 0. The van der Waals surface area contributed by atoms with Crippen molar-refractivity contribution >= 4 is 10.8 Å². The van der Waals surface area contributed by atoms with Crippen molar-refractivity contribution in [1.82, 2.24) is 4.98 Å². The van der Waals surface area contributed by atoms with E-state index in [0.717, 1.165) is 29.7 Å². The number of aryl methyl sites for hydroxylation is 2. The van der Waals surface area contributed by atoms with Gasteiger partial charge in [-0.3, -0.25) is 0 Å². The molecule has 2 aliphatic rings. The average Bonchev–Trinajstić information content (AvgIpc) is 3.20. The van der Waals surface area contributed by atoms with E-state index in [1.807, 2.05) is 6.20 Å². The third-order valence-corrected chi connectivity index (χ3v) is 7.71. The summed E-state index contributed by atoms with van der Waals surface area (Å²) < 4.78 is 0. The van der Waals surface area contributed by atoms with Crippen LogP contribution in [-0.4, -0.2) is 27.4 Å². The van der Waals surface area contributed by atoms with Crippen molar-refractivity contribution in [2.45, 2.75) is 72.5 Å². The molecule has 0 aliphatic heterocycles. The van der Waals surface area contributed by atoms with Gasteiger partial charge in [0.2, 0.25) is 0 Å². The van der Waals surface area contributed by atoms with E-state index in [-0.39, 0.29) is 38.2 Å². The molecule has 34 heavy (non-hydrogen) atoms. The molecule has 2 fully saturated rings. The summed E-state index contributed by atoms with van der Waals surface area (Å²) in [6.07, 6.45) is 3.60. The number of aliphatic hydroxyl groups is 2. The maximum atomic E-state index is 9.80. The summed E-state index contributed by atoms with van der Waals surface area (Å²) in [6.45, 7) is 12.8. The normalized spacial score (nSPS) is 27.8. The van der Waals surface area contributed by atoms with Gasteiger partial charge in [0.25, 0.3) is 0 Å². The van der Waals surface area contributed by atoms with Crippen LogP contribution in [0.2, 0.25) is 0 Å². The van der Waals surface area contributed by atoms with Crippen molar-refractivity contribution in [3.63, 3.8) is 0 Å². The fraction of sp³-hybridized carbons (Fsp3) is 0.500. The van der Waals surface area contributed by atoms with Gasteiger partial charge in [0.1, 0.15) is 0 Å². The van der Waals surface area contributed by atoms with E-state index >= 15 is 0 Å². The number of fused-ring (bicyclic) bond motifs is 2. The van der Waals surface area contributed by atoms with E-state index in [1.54, 1.807) is 0 Å². The third-order valence-electron chi connectivity index (χ3n) is 7.71. The van der Waals surface area contributed by atoms with Gasteiger partial charge in [0, 0.05) is 32.2 Å². The minimum atomic E-state index is -0.255. The van der Waals surface area contributed by atoms with Crippen LogP contribution in [0.15, 0.2) is 42.6 Å². The van der Waals surface area contributed by atoms with E-state index in [2.05, 4.69) is 89.0 Å². The average molecular weight is 637 g/mol. The number of hydrogen-bond donors (Lipinski definition) is 2. The van der Waals surface area contributed by atoms with E-state index < -0.39 is 0 Å². The largest absolute Gasteiger partial charge is 0.392 e. The molecule has 1 radical (unpaired) electrons. The van der Waals surface area contributed by atoms with E-state index in [1.165, 1.54) is 21.9 Å². The molecule has 2 aliphatic carbocycles. The van der Waals surface area contributed by atoms with Gasteiger partial charge in [0.05, 0.1) is 12.2 Å². The maximum Gasteiger partial charge on any atom is 0.0621 e. The zero-order chi connectivity index (χ0) is 23.9. The SMILES string of the molecule is C[C@H]1CC2C[C@H](C)C(O)C2C1O.Cc1[c-]c(-c2nccc3cc(C(C)C)ccc23)cc(C)c1.[Ir]. The quantitative estimate of drug-likeness (QED) is 0.318. The molecule has 0 bridgehead atoms. The molecule has 5 rings (SSSR count). The number of rotatable bonds is 2. The number of aromatic nitrogens is 1. The first-order valence-electron chi connectivity index (χ1n) is 12.4. The number of nitrogens with zero attached hydrogens (tertiary/aromatic N) is 1. The summed E-state index contributed by atoms with van der Waals surface area (Å²) in [4.78, 5) is 4.60. The number of aliphatic hydroxyl groups excluding tert-OH is 2. The van der Waals surface area contributed by atoms with E-state index in [0.29, 0.717) is 23.7 Å². The molecule has 2 saturated carbocycles. The standard InChI is InChI=1S/C20H20N.C10H18O2.Ir/c1-13(2)16-5-6-19-17(12-16)7-8-21-20(19)18-10-14(3)9-15(4)11-18;1-5-3-7-4-6(2)10(12)8(7)9(5)11;/h5-10,12-13H,1-4H3;5-12H,3-4H2,1-2H3;/q-1;;/t;5-,6-,7?,8?,9?,10?;/m.0./s1. The number of hydrogen-bond acceptors (Lipinski definition) is 3. The van der Waals surface area contributed by atoms with Crippen LogP contribution in [0.25, 0.3) is 22.0 Å². The van der Waals surface area contributed by atoms with Crippen LogP contribution in [0.4, 0.5) is 0 Å². The second kappa shape index (κ2) is 11.0. The van der Waals surface area contributed by atoms with E-state index in [9.17, 15) is 10.2 Å². The zero-order valence-corrected chi connectivity index (χ0v) is 23.6. The summed E-state index contributed by atoms with van der Waals surface area (Å²) in [5, 5.41) is 22.0. The second-order valence-electron chi connectivity index (χ2n) is 10.8. The van der Waals surface area contributed by atoms with Gasteiger partial charge in [-0.2, -0.15) is 0 Å². The van der Waals surface area contributed by atoms with Crippen LogP contribution < -0.4 is 0 Å². The van der Waals surface area contributed by atoms with Gasteiger partial charge in [-0.15, -0.1) is 34.9 Å². The van der Waals surface area contributed by atoms with Crippen LogP contribution in [0.3, 0.4) is 0 Å². The molecule has 185 valence electrons. The van der Waals surface area contributed by atoms with Gasteiger partial charge >= 0.3 is 0 Å². The first-order chi connectivity index (χ1) is 15.7. The molecular formula is C30H38IrNO2-. The minimum Gasteiger partial charge on any atom is -0.392 e. The Labute approximate surface area is 218 Å². The molecule has 0 amide bonds. The Hall–Kier alpha value is -1.58. The predicted molar refractivity (Wildman–Crippen MR) is 136 cm³/mol. The molecule has 4 atom stereocenters. The molecule has 2 N–H and O–H groups in total. The Morgan fingerprint density at radius 1 is 0.941 bits per heavy atom. The predicted octanol–water partition coefficient (Wildman–Crippen LogP) is 6.46. The number of benzene rings is 2. The third kappa shape index (κ3) is 5.46. The van der Waals surface area contributed by atoms with Crippen molar-refractivity contribution in [1.29, 1.82) is 0 Å². The van der Waals surface area contributed by atoms with Crippen LogP contribution in [0.1, 0.15) is 63.1 Å². The second-order valence-corrected chi connectivity index (χ2v) is 10.8. The first kappa shape index (κ1) is 27.0. The van der Waals surface area contributed by atoms with Gasteiger partial charge in [-0.05, 0) is 64.6 Å². The Kier molecular flexibility index (Phi) is 8.74. The summed E-state index contributed by atoms with van der Waals surface area (Å²) >= 11 is 0. The van der Waals surface area contributed by atoms with Gasteiger partial charge in [-0.1, -0.05) is 59.7 Å². The summed E-state index contributed by atoms with van der Waals surface area (Å²) in [5.41, 5.74) is 5.87. The molecule has 0 spiro atoms. The monoisotopic (exact) mass is 637 g/mol. The van der Waals surface area contributed by atoms with E-state index in [4.69, 9.17) is 0 Å². The van der Waals surface area contributed by atoms with Gasteiger partial charge < -0.3 is 15.2 Å². The molecule has 3 nitrogen and oxygen atoms in total.